The summed E-state index contributed by atoms with van der Waals surface area (Å²) < 4.78 is 3.88. The van der Waals surface area contributed by atoms with Gasteiger partial charge in [-0.05, 0) is 31.0 Å². The Bertz CT molecular complexity index is 557. The number of alkyl halides is 2. The first-order valence-electron chi connectivity index (χ1n) is 6.72. The summed E-state index contributed by atoms with van der Waals surface area (Å²) in [6.07, 6.45) is 1.27. The van der Waals surface area contributed by atoms with Gasteiger partial charge in [0.25, 0.3) is 5.91 Å². The van der Waals surface area contributed by atoms with Crippen molar-refractivity contribution >= 4 is 40.8 Å². The number of rotatable bonds is 5. The molecule has 4 nitrogen and oxygen atoms in total. The molecule has 1 aromatic carbocycles. The van der Waals surface area contributed by atoms with Crippen LogP contribution in [0.5, 0.6) is 0 Å². The molecule has 0 unspecified atom stereocenters. The number of carbonyl (C=O) groups excluding carboxylic acids is 2. The van der Waals surface area contributed by atoms with E-state index >= 15 is 0 Å². The average Bonchev–Trinajstić information content (AvgIpc) is 2.97. The Labute approximate surface area is 133 Å². The summed E-state index contributed by atoms with van der Waals surface area (Å²) >= 11 is 11.8. The Morgan fingerprint density at radius 3 is 2.33 bits per heavy atom. The number of hydrogen-bond donors (Lipinski definition) is 1. The highest BCUT2D eigenvalue weighted by Crippen LogP contribution is 2.64. The van der Waals surface area contributed by atoms with Gasteiger partial charge in [0.1, 0.15) is 9.75 Å². The molecule has 2 rings (SSSR count). The number of anilines is 1. The fourth-order valence-electron chi connectivity index (χ4n) is 1.93. The lowest BCUT2D eigenvalue weighted by molar-refractivity contribution is -0.152. The minimum atomic E-state index is -1.09. The van der Waals surface area contributed by atoms with Crippen LogP contribution in [0.1, 0.15) is 25.8 Å². The van der Waals surface area contributed by atoms with Gasteiger partial charge in [0.15, 0.2) is 6.61 Å². The minimum Gasteiger partial charge on any atom is -0.455 e. The van der Waals surface area contributed by atoms with Gasteiger partial charge < -0.3 is 10.1 Å². The van der Waals surface area contributed by atoms with Crippen LogP contribution in [0.25, 0.3) is 0 Å². The van der Waals surface area contributed by atoms with Crippen molar-refractivity contribution in [1.82, 2.24) is 0 Å². The molecule has 6 heteroatoms. The van der Waals surface area contributed by atoms with Crippen molar-refractivity contribution in [2.75, 3.05) is 11.9 Å². The van der Waals surface area contributed by atoms with Gasteiger partial charge in [-0.1, -0.05) is 19.1 Å². The standard InChI is InChI=1S/C15H17Cl2NO3/c1-3-10-4-6-11(7-5-10)18-12(19)8-21-13(20)14(2)9-15(14,16)17/h4-7H,3,8-9H2,1-2H3,(H,18,19)/t14-/m0/s1. The Kier molecular flexibility index (Phi) is 4.49. The van der Waals surface area contributed by atoms with Crippen molar-refractivity contribution in [3.63, 3.8) is 0 Å². The molecule has 1 saturated carbocycles. The number of halogens is 2. The number of nitrogens with one attached hydrogen (secondary N) is 1. The molecule has 1 aromatic rings. The zero-order chi connectivity index (χ0) is 15.7. The Hall–Kier alpha value is -1.26. The monoisotopic (exact) mass is 329 g/mol. The van der Waals surface area contributed by atoms with E-state index in [-0.39, 0.29) is 6.61 Å². The molecule has 1 aliphatic carbocycles. The molecule has 0 aliphatic heterocycles. The van der Waals surface area contributed by atoms with Crippen molar-refractivity contribution in [2.45, 2.75) is 31.0 Å². The van der Waals surface area contributed by atoms with Crippen LogP contribution in [0.2, 0.25) is 0 Å². The fraction of sp³-hybridized carbons (Fsp3) is 0.467. The summed E-state index contributed by atoms with van der Waals surface area (Å²) in [5, 5.41) is 2.66. The maximum atomic E-state index is 11.8. The summed E-state index contributed by atoms with van der Waals surface area (Å²) in [7, 11) is 0. The fourth-order valence-corrected chi connectivity index (χ4v) is 2.62. The quantitative estimate of drug-likeness (QED) is 0.666. The highest BCUT2D eigenvalue weighted by Gasteiger charge is 2.69. The predicted molar refractivity (Wildman–Crippen MR) is 82.6 cm³/mol. The van der Waals surface area contributed by atoms with Crippen LogP contribution in [-0.4, -0.2) is 22.8 Å². The summed E-state index contributed by atoms with van der Waals surface area (Å²) in [6, 6.07) is 7.48. The first kappa shape index (κ1) is 16.1. The number of carbonyl (C=O) groups is 2. The lowest BCUT2D eigenvalue weighted by atomic mass is 10.1. The van der Waals surface area contributed by atoms with Crippen LogP contribution < -0.4 is 5.32 Å². The van der Waals surface area contributed by atoms with Gasteiger partial charge in [-0.25, -0.2) is 0 Å². The van der Waals surface area contributed by atoms with E-state index in [9.17, 15) is 9.59 Å². The topological polar surface area (TPSA) is 55.4 Å². The molecule has 114 valence electrons. The molecule has 1 N–H and O–H groups in total. The van der Waals surface area contributed by atoms with E-state index in [1.807, 2.05) is 24.3 Å². The molecule has 1 aliphatic rings. The van der Waals surface area contributed by atoms with Gasteiger partial charge in [0.2, 0.25) is 0 Å². The van der Waals surface area contributed by atoms with Gasteiger partial charge in [0, 0.05) is 12.1 Å². The molecule has 21 heavy (non-hydrogen) atoms. The molecule has 1 fully saturated rings. The van der Waals surface area contributed by atoms with Gasteiger partial charge in [0.05, 0.1) is 0 Å². The van der Waals surface area contributed by atoms with E-state index in [1.54, 1.807) is 6.92 Å². The summed E-state index contributed by atoms with van der Waals surface area (Å²) in [5.41, 5.74) is 0.927. The van der Waals surface area contributed by atoms with Crippen LogP contribution in [0, 0.1) is 5.41 Å². The van der Waals surface area contributed by atoms with E-state index < -0.39 is 21.6 Å². The lowest BCUT2D eigenvalue weighted by Crippen LogP contribution is -2.26. The zero-order valence-corrected chi connectivity index (χ0v) is 13.4. The van der Waals surface area contributed by atoms with Crippen LogP contribution in [0.3, 0.4) is 0 Å². The van der Waals surface area contributed by atoms with E-state index in [1.165, 1.54) is 5.56 Å². The molecule has 0 bridgehead atoms. The Morgan fingerprint density at radius 2 is 1.86 bits per heavy atom. The number of ether oxygens (including phenoxy) is 1. The normalized spacial score (nSPS) is 22.5. The SMILES string of the molecule is CCc1ccc(NC(=O)COC(=O)[C@]2(C)CC2(Cl)Cl)cc1. The molecule has 1 amide bonds. The van der Waals surface area contributed by atoms with Crippen molar-refractivity contribution in [3.05, 3.63) is 29.8 Å². The van der Waals surface area contributed by atoms with Gasteiger partial charge in [-0.15, -0.1) is 23.2 Å². The molecular weight excluding hydrogens is 313 g/mol. The first-order chi connectivity index (χ1) is 9.78. The number of amides is 1. The van der Waals surface area contributed by atoms with Crippen LogP contribution in [0.15, 0.2) is 24.3 Å². The third-order valence-electron chi connectivity index (χ3n) is 3.69. The van der Waals surface area contributed by atoms with Crippen LogP contribution in [-0.2, 0) is 20.7 Å². The van der Waals surface area contributed by atoms with E-state index in [2.05, 4.69) is 12.2 Å². The second-order valence-corrected chi connectivity index (χ2v) is 6.87. The maximum absolute atomic E-state index is 11.8. The largest absolute Gasteiger partial charge is 0.455 e. The molecule has 0 radical (unpaired) electrons. The smallest absolute Gasteiger partial charge is 0.315 e. The molecule has 0 saturated heterocycles. The van der Waals surface area contributed by atoms with Crippen LogP contribution in [0.4, 0.5) is 5.69 Å². The number of aryl methyl sites for hydroxylation is 1. The predicted octanol–water partition coefficient (Wildman–Crippen LogP) is 3.31. The number of hydrogen-bond acceptors (Lipinski definition) is 3. The van der Waals surface area contributed by atoms with Gasteiger partial charge >= 0.3 is 5.97 Å². The zero-order valence-electron chi connectivity index (χ0n) is 11.9. The summed E-state index contributed by atoms with van der Waals surface area (Å²) in [5.74, 6) is -0.949. The highest BCUT2D eigenvalue weighted by atomic mass is 35.5. The third-order valence-corrected chi connectivity index (χ3v) is 4.79. The minimum absolute atomic E-state index is 0.335. The molecule has 0 spiro atoms. The van der Waals surface area contributed by atoms with Crippen molar-refractivity contribution in [3.8, 4) is 0 Å². The molecular formula is C15H17Cl2NO3. The third kappa shape index (κ3) is 3.50. The lowest BCUT2D eigenvalue weighted by Gasteiger charge is -2.12. The van der Waals surface area contributed by atoms with E-state index in [0.717, 1.165) is 6.42 Å². The Balaban J connectivity index is 1.81. The van der Waals surface area contributed by atoms with Crippen molar-refractivity contribution in [2.24, 2.45) is 5.41 Å². The summed E-state index contributed by atoms with van der Waals surface area (Å²) in [6.45, 7) is 3.32. The molecule has 1 atom stereocenters. The summed E-state index contributed by atoms with van der Waals surface area (Å²) in [4.78, 5) is 23.5. The van der Waals surface area contributed by atoms with Gasteiger partial charge in [-0.2, -0.15) is 0 Å². The molecule has 0 heterocycles. The Morgan fingerprint density at radius 1 is 1.29 bits per heavy atom. The van der Waals surface area contributed by atoms with E-state index in [0.29, 0.717) is 12.1 Å². The van der Waals surface area contributed by atoms with Gasteiger partial charge in [-0.3, -0.25) is 9.59 Å². The average molecular weight is 330 g/mol. The highest BCUT2D eigenvalue weighted by molar-refractivity contribution is 6.53. The van der Waals surface area contributed by atoms with E-state index in [4.69, 9.17) is 27.9 Å². The first-order valence-corrected chi connectivity index (χ1v) is 7.48. The van der Waals surface area contributed by atoms with Crippen molar-refractivity contribution < 1.29 is 14.3 Å². The second kappa shape index (κ2) is 5.85. The van der Waals surface area contributed by atoms with Crippen LogP contribution >= 0.6 is 23.2 Å². The second-order valence-electron chi connectivity index (χ2n) is 5.39. The number of benzene rings is 1. The van der Waals surface area contributed by atoms with Crippen molar-refractivity contribution in [1.29, 1.82) is 0 Å². The number of esters is 1. The maximum Gasteiger partial charge on any atom is 0.315 e. The molecule has 0 aromatic heterocycles.